The molecular formula is C17H19N5O4S. The molecule has 0 aliphatic carbocycles. The van der Waals surface area contributed by atoms with E-state index in [1.54, 1.807) is 0 Å². The van der Waals surface area contributed by atoms with Crippen molar-refractivity contribution in [3.63, 3.8) is 0 Å². The van der Waals surface area contributed by atoms with E-state index in [4.69, 9.17) is 4.42 Å². The fourth-order valence-electron chi connectivity index (χ4n) is 3.14. The van der Waals surface area contributed by atoms with E-state index in [0.29, 0.717) is 16.9 Å². The van der Waals surface area contributed by atoms with Crippen molar-refractivity contribution in [1.82, 2.24) is 19.7 Å². The first-order valence-corrected chi connectivity index (χ1v) is 10.1. The Morgan fingerprint density at radius 2 is 2.00 bits per heavy atom. The number of aryl methyl sites for hydroxylation is 1. The fourth-order valence-corrected chi connectivity index (χ4v) is 4.15. The van der Waals surface area contributed by atoms with Crippen LogP contribution in [0.2, 0.25) is 0 Å². The lowest BCUT2D eigenvalue weighted by Gasteiger charge is -2.17. The summed E-state index contributed by atoms with van der Waals surface area (Å²) < 4.78 is 32.6. The Labute approximate surface area is 155 Å². The molecule has 0 bridgehead atoms. The minimum atomic E-state index is -3.79. The van der Waals surface area contributed by atoms with E-state index >= 15 is 0 Å². The van der Waals surface area contributed by atoms with Crippen LogP contribution in [0.15, 0.2) is 38.4 Å². The highest BCUT2D eigenvalue weighted by Crippen LogP contribution is 2.19. The van der Waals surface area contributed by atoms with Crippen molar-refractivity contribution in [2.75, 3.05) is 18.0 Å². The number of nitrogens with one attached hydrogen (secondary N) is 2. The third-order valence-electron chi connectivity index (χ3n) is 4.44. The zero-order valence-electron chi connectivity index (χ0n) is 14.7. The van der Waals surface area contributed by atoms with Crippen molar-refractivity contribution < 1.29 is 12.8 Å². The summed E-state index contributed by atoms with van der Waals surface area (Å²) in [5.74, 6) is 0.611. The van der Waals surface area contributed by atoms with Gasteiger partial charge in [0.1, 0.15) is 11.6 Å². The maximum absolute atomic E-state index is 12.6. The third-order valence-corrected chi connectivity index (χ3v) is 5.84. The zero-order valence-corrected chi connectivity index (χ0v) is 15.5. The summed E-state index contributed by atoms with van der Waals surface area (Å²) in [5, 5.41) is 0. The SMILES string of the molecule is Cc1cc(N2CCCC2)nc(CNS(=O)(=O)c2ccc3oc(=O)[nH]c3c2)n1. The average molecular weight is 389 g/mol. The fraction of sp³-hybridized carbons (Fsp3) is 0.353. The van der Waals surface area contributed by atoms with Gasteiger partial charge in [0.25, 0.3) is 0 Å². The standard InChI is InChI=1S/C17H19N5O4S/c1-11-8-16(22-6-2-3-7-22)21-15(19-11)10-18-27(24,25)12-4-5-14-13(9-12)20-17(23)26-14/h4-5,8-9,18H,2-3,6-7,10H2,1H3,(H,20,23). The van der Waals surface area contributed by atoms with Crippen molar-refractivity contribution in [2.24, 2.45) is 0 Å². The molecule has 0 spiro atoms. The van der Waals surface area contributed by atoms with E-state index in [1.165, 1.54) is 18.2 Å². The highest BCUT2D eigenvalue weighted by Gasteiger charge is 2.18. The second-order valence-electron chi connectivity index (χ2n) is 6.47. The minimum Gasteiger partial charge on any atom is -0.408 e. The van der Waals surface area contributed by atoms with Crippen LogP contribution in [-0.2, 0) is 16.6 Å². The molecule has 1 saturated heterocycles. The first-order chi connectivity index (χ1) is 12.9. The summed E-state index contributed by atoms with van der Waals surface area (Å²) in [5.41, 5.74) is 1.42. The molecule has 1 aliphatic rings. The molecule has 4 rings (SSSR count). The van der Waals surface area contributed by atoms with Gasteiger partial charge in [0.2, 0.25) is 10.0 Å². The molecule has 2 aromatic heterocycles. The number of sulfonamides is 1. The van der Waals surface area contributed by atoms with Gasteiger partial charge in [-0.05, 0) is 38.0 Å². The molecule has 10 heteroatoms. The summed E-state index contributed by atoms with van der Waals surface area (Å²) in [7, 11) is -3.79. The van der Waals surface area contributed by atoms with Crippen LogP contribution in [-0.4, -0.2) is 36.5 Å². The Kier molecular flexibility index (Phi) is 4.44. The van der Waals surface area contributed by atoms with Gasteiger partial charge in [-0.2, -0.15) is 0 Å². The van der Waals surface area contributed by atoms with E-state index in [-0.39, 0.29) is 11.4 Å². The largest absolute Gasteiger partial charge is 0.417 e. The van der Waals surface area contributed by atoms with Crippen LogP contribution in [0, 0.1) is 6.92 Å². The van der Waals surface area contributed by atoms with Crippen molar-refractivity contribution in [3.8, 4) is 0 Å². The van der Waals surface area contributed by atoms with E-state index in [9.17, 15) is 13.2 Å². The predicted octanol–water partition coefficient (Wildman–Crippen LogP) is 1.30. The highest BCUT2D eigenvalue weighted by molar-refractivity contribution is 7.89. The molecule has 27 heavy (non-hydrogen) atoms. The third kappa shape index (κ3) is 3.71. The number of nitrogens with zero attached hydrogens (tertiary/aromatic N) is 3. The Balaban J connectivity index is 1.55. The molecule has 0 saturated carbocycles. The number of fused-ring (bicyclic) bond motifs is 1. The summed E-state index contributed by atoms with van der Waals surface area (Å²) in [4.78, 5) is 24.7. The van der Waals surface area contributed by atoms with Crippen molar-refractivity contribution in [1.29, 1.82) is 0 Å². The Hall–Kier alpha value is -2.72. The van der Waals surface area contributed by atoms with Crippen LogP contribution in [0.5, 0.6) is 0 Å². The highest BCUT2D eigenvalue weighted by atomic mass is 32.2. The number of hydrogen-bond donors (Lipinski definition) is 2. The van der Waals surface area contributed by atoms with Crippen molar-refractivity contribution in [3.05, 3.63) is 46.3 Å². The molecule has 0 atom stereocenters. The van der Waals surface area contributed by atoms with Gasteiger partial charge in [-0.1, -0.05) is 0 Å². The van der Waals surface area contributed by atoms with Crippen LogP contribution in [0.1, 0.15) is 24.4 Å². The molecule has 142 valence electrons. The number of hydrogen-bond acceptors (Lipinski definition) is 7. The number of aromatic nitrogens is 3. The normalized spacial score (nSPS) is 14.9. The number of anilines is 1. The minimum absolute atomic E-state index is 0.0230. The summed E-state index contributed by atoms with van der Waals surface area (Å²) in [6.45, 7) is 3.74. The molecule has 1 fully saturated rings. The lowest BCUT2D eigenvalue weighted by atomic mass is 10.3. The molecule has 3 aromatic rings. The Morgan fingerprint density at radius 3 is 2.78 bits per heavy atom. The van der Waals surface area contributed by atoms with Gasteiger partial charge in [0.15, 0.2) is 5.58 Å². The number of benzene rings is 1. The lowest BCUT2D eigenvalue weighted by molar-refractivity contribution is 0.555. The van der Waals surface area contributed by atoms with Crippen molar-refractivity contribution in [2.45, 2.75) is 31.2 Å². The lowest BCUT2D eigenvalue weighted by Crippen LogP contribution is -2.26. The van der Waals surface area contributed by atoms with Crippen LogP contribution in [0.25, 0.3) is 11.1 Å². The topological polar surface area (TPSA) is 121 Å². The van der Waals surface area contributed by atoms with E-state index in [0.717, 1.165) is 37.4 Å². The predicted molar refractivity (Wildman–Crippen MR) is 99.1 cm³/mol. The molecule has 2 N–H and O–H groups in total. The Bertz CT molecular complexity index is 1150. The van der Waals surface area contributed by atoms with Gasteiger partial charge < -0.3 is 9.32 Å². The monoisotopic (exact) mass is 389 g/mol. The summed E-state index contributed by atoms with van der Waals surface area (Å²) in [6.07, 6.45) is 2.26. The van der Waals surface area contributed by atoms with Crippen LogP contribution in [0.3, 0.4) is 0 Å². The van der Waals surface area contributed by atoms with Gasteiger partial charge in [-0.3, -0.25) is 4.98 Å². The van der Waals surface area contributed by atoms with E-state index in [2.05, 4.69) is 24.6 Å². The molecule has 0 amide bonds. The molecular weight excluding hydrogens is 370 g/mol. The second kappa shape index (κ2) is 6.78. The molecule has 0 unspecified atom stereocenters. The molecule has 1 aliphatic heterocycles. The number of rotatable bonds is 5. The smallest absolute Gasteiger partial charge is 0.408 e. The van der Waals surface area contributed by atoms with Gasteiger partial charge in [-0.15, -0.1) is 0 Å². The number of aromatic amines is 1. The van der Waals surface area contributed by atoms with Crippen LogP contribution >= 0.6 is 0 Å². The number of oxazole rings is 1. The maximum atomic E-state index is 12.6. The van der Waals surface area contributed by atoms with Gasteiger partial charge in [0, 0.05) is 24.8 Å². The average Bonchev–Trinajstić information content (AvgIpc) is 3.27. The second-order valence-corrected chi connectivity index (χ2v) is 8.24. The molecule has 9 nitrogen and oxygen atoms in total. The zero-order chi connectivity index (χ0) is 19.0. The van der Waals surface area contributed by atoms with Crippen LogP contribution in [0.4, 0.5) is 5.82 Å². The molecule has 0 radical (unpaired) electrons. The molecule has 1 aromatic carbocycles. The summed E-state index contributed by atoms with van der Waals surface area (Å²) >= 11 is 0. The van der Waals surface area contributed by atoms with E-state index < -0.39 is 15.8 Å². The molecule has 3 heterocycles. The van der Waals surface area contributed by atoms with Gasteiger partial charge in [-0.25, -0.2) is 27.9 Å². The van der Waals surface area contributed by atoms with E-state index in [1.807, 2.05) is 13.0 Å². The first kappa shape index (κ1) is 17.7. The quantitative estimate of drug-likeness (QED) is 0.674. The van der Waals surface area contributed by atoms with Crippen LogP contribution < -0.4 is 15.4 Å². The van der Waals surface area contributed by atoms with Gasteiger partial charge in [0.05, 0.1) is 17.0 Å². The first-order valence-electron chi connectivity index (χ1n) is 8.63. The summed E-state index contributed by atoms with van der Waals surface area (Å²) in [6, 6.07) is 6.09. The maximum Gasteiger partial charge on any atom is 0.417 e. The number of H-pyrrole nitrogens is 1. The van der Waals surface area contributed by atoms with Gasteiger partial charge >= 0.3 is 5.76 Å². The Morgan fingerprint density at radius 1 is 1.22 bits per heavy atom. The van der Waals surface area contributed by atoms with Crippen molar-refractivity contribution >= 4 is 26.9 Å².